The summed E-state index contributed by atoms with van der Waals surface area (Å²) in [5, 5.41) is 2.56. The van der Waals surface area contributed by atoms with Crippen molar-refractivity contribution in [3.8, 4) is 10.7 Å². The van der Waals surface area contributed by atoms with Crippen molar-refractivity contribution in [2.24, 2.45) is 0 Å². The molecule has 0 aliphatic heterocycles. The van der Waals surface area contributed by atoms with Crippen LogP contribution in [0.4, 0.5) is 0 Å². The lowest BCUT2D eigenvalue weighted by Crippen LogP contribution is -1.93. The molecular formula is C11H8BrClN2S. The predicted molar refractivity (Wildman–Crippen MR) is 70.0 cm³/mol. The summed E-state index contributed by atoms with van der Waals surface area (Å²) in [5.41, 5.74) is 1.08. The van der Waals surface area contributed by atoms with Crippen LogP contribution in [0.25, 0.3) is 10.7 Å². The lowest BCUT2D eigenvalue weighted by Gasteiger charge is -2.01. The molecule has 2 aromatic rings. The Hall–Kier alpha value is -0.450. The van der Waals surface area contributed by atoms with E-state index in [0.29, 0.717) is 11.1 Å². The highest BCUT2D eigenvalue weighted by molar-refractivity contribution is 9.10. The quantitative estimate of drug-likeness (QED) is 0.763. The van der Waals surface area contributed by atoms with Crippen molar-refractivity contribution in [1.82, 2.24) is 9.97 Å². The van der Waals surface area contributed by atoms with Crippen LogP contribution in [0.3, 0.4) is 0 Å². The van der Waals surface area contributed by atoms with Crippen molar-refractivity contribution in [2.45, 2.75) is 18.8 Å². The molecule has 2 nitrogen and oxygen atoms in total. The molecule has 0 N–H and O–H groups in total. The predicted octanol–water partition coefficient (Wildman–Crippen LogP) is 4.50. The molecule has 0 amide bonds. The van der Waals surface area contributed by atoms with Gasteiger partial charge in [-0.2, -0.15) is 0 Å². The summed E-state index contributed by atoms with van der Waals surface area (Å²) in [6, 6.07) is 3.90. The normalized spacial score (nSPS) is 15.4. The molecule has 5 heteroatoms. The van der Waals surface area contributed by atoms with Gasteiger partial charge >= 0.3 is 0 Å². The van der Waals surface area contributed by atoms with E-state index in [9.17, 15) is 0 Å². The van der Waals surface area contributed by atoms with Gasteiger partial charge < -0.3 is 0 Å². The van der Waals surface area contributed by atoms with Crippen molar-refractivity contribution in [3.63, 3.8) is 0 Å². The van der Waals surface area contributed by atoms with E-state index in [1.54, 1.807) is 11.3 Å². The van der Waals surface area contributed by atoms with Gasteiger partial charge in [-0.1, -0.05) is 11.6 Å². The Balaban J connectivity index is 2.06. The fourth-order valence-electron chi connectivity index (χ4n) is 1.56. The van der Waals surface area contributed by atoms with Crippen LogP contribution >= 0.6 is 38.9 Å². The molecule has 2 heterocycles. The largest absolute Gasteiger partial charge is 0.232 e. The number of halogens is 2. The molecule has 0 atom stereocenters. The minimum Gasteiger partial charge on any atom is -0.232 e. The van der Waals surface area contributed by atoms with Crippen LogP contribution in [0.2, 0.25) is 5.15 Å². The Kier molecular flexibility index (Phi) is 2.73. The molecule has 0 bridgehead atoms. The minimum absolute atomic E-state index is 0.538. The van der Waals surface area contributed by atoms with Crippen molar-refractivity contribution in [1.29, 1.82) is 0 Å². The molecular weight excluding hydrogens is 308 g/mol. The second kappa shape index (κ2) is 4.09. The average Bonchev–Trinajstić information content (AvgIpc) is 3.01. The standard InChI is InChI=1S/C11H8BrClN2S/c12-7-3-9(16-5-7)11-14-8(6-1-2-6)4-10(13)15-11/h3-6H,1-2H2. The summed E-state index contributed by atoms with van der Waals surface area (Å²) >= 11 is 11.1. The van der Waals surface area contributed by atoms with E-state index < -0.39 is 0 Å². The first-order chi connectivity index (χ1) is 7.72. The number of nitrogens with zero attached hydrogens (tertiary/aromatic N) is 2. The van der Waals surface area contributed by atoms with Gasteiger partial charge in [0.05, 0.1) is 4.88 Å². The molecule has 2 aromatic heterocycles. The zero-order chi connectivity index (χ0) is 11.1. The molecule has 1 aliphatic rings. The maximum absolute atomic E-state index is 6.02. The zero-order valence-corrected chi connectivity index (χ0v) is 11.4. The van der Waals surface area contributed by atoms with Gasteiger partial charge in [0.15, 0.2) is 5.82 Å². The van der Waals surface area contributed by atoms with Gasteiger partial charge in [-0.25, -0.2) is 9.97 Å². The first-order valence-electron chi connectivity index (χ1n) is 5.01. The van der Waals surface area contributed by atoms with Crippen molar-refractivity contribution >= 4 is 38.9 Å². The van der Waals surface area contributed by atoms with E-state index in [4.69, 9.17) is 11.6 Å². The van der Waals surface area contributed by atoms with Gasteiger partial charge in [0, 0.05) is 21.5 Å². The van der Waals surface area contributed by atoms with Crippen LogP contribution in [0.1, 0.15) is 24.5 Å². The lowest BCUT2D eigenvalue weighted by molar-refractivity contribution is 0.996. The van der Waals surface area contributed by atoms with E-state index in [1.807, 2.05) is 17.5 Å². The molecule has 0 saturated heterocycles. The Morgan fingerprint density at radius 1 is 1.31 bits per heavy atom. The topological polar surface area (TPSA) is 25.8 Å². The highest BCUT2D eigenvalue weighted by Gasteiger charge is 2.26. The summed E-state index contributed by atoms with van der Waals surface area (Å²) < 4.78 is 1.06. The molecule has 0 aromatic carbocycles. The monoisotopic (exact) mass is 314 g/mol. The van der Waals surface area contributed by atoms with E-state index in [0.717, 1.165) is 20.9 Å². The van der Waals surface area contributed by atoms with Crippen LogP contribution in [0, 0.1) is 0 Å². The highest BCUT2D eigenvalue weighted by Crippen LogP contribution is 2.40. The Morgan fingerprint density at radius 3 is 2.75 bits per heavy atom. The zero-order valence-electron chi connectivity index (χ0n) is 8.28. The maximum Gasteiger partial charge on any atom is 0.171 e. The van der Waals surface area contributed by atoms with Crippen molar-refractivity contribution < 1.29 is 0 Å². The summed E-state index contributed by atoms with van der Waals surface area (Å²) in [4.78, 5) is 9.90. The SMILES string of the molecule is Clc1cc(C2CC2)nc(-c2cc(Br)cs2)n1. The van der Waals surface area contributed by atoms with E-state index in [-0.39, 0.29) is 0 Å². The summed E-state index contributed by atoms with van der Waals surface area (Å²) in [7, 11) is 0. The first kappa shape index (κ1) is 10.7. The van der Waals surface area contributed by atoms with Gasteiger partial charge in [0.2, 0.25) is 0 Å². The van der Waals surface area contributed by atoms with E-state index in [1.165, 1.54) is 12.8 Å². The molecule has 82 valence electrons. The van der Waals surface area contributed by atoms with E-state index in [2.05, 4.69) is 25.9 Å². The first-order valence-corrected chi connectivity index (χ1v) is 7.06. The van der Waals surface area contributed by atoms with Crippen LogP contribution in [-0.2, 0) is 0 Å². The molecule has 0 spiro atoms. The Bertz CT molecular complexity index is 537. The third-order valence-corrected chi connectivity index (χ3v) is 4.38. The number of rotatable bonds is 2. The molecule has 1 fully saturated rings. The minimum atomic E-state index is 0.538. The van der Waals surface area contributed by atoms with Crippen LogP contribution in [0.5, 0.6) is 0 Å². The molecule has 0 unspecified atom stereocenters. The van der Waals surface area contributed by atoms with Gasteiger partial charge in [-0.05, 0) is 40.9 Å². The van der Waals surface area contributed by atoms with Crippen LogP contribution < -0.4 is 0 Å². The fourth-order valence-corrected chi connectivity index (χ4v) is 3.12. The summed E-state index contributed by atoms with van der Waals surface area (Å²) in [5.74, 6) is 1.34. The third-order valence-electron chi connectivity index (χ3n) is 2.50. The average molecular weight is 316 g/mol. The maximum atomic E-state index is 6.02. The highest BCUT2D eigenvalue weighted by atomic mass is 79.9. The number of hydrogen-bond donors (Lipinski definition) is 0. The second-order valence-corrected chi connectivity index (χ2v) is 6.06. The lowest BCUT2D eigenvalue weighted by atomic mass is 10.3. The molecule has 0 radical (unpaired) electrons. The molecule has 1 aliphatic carbocycles. The Labute approximate surface area is 111 Å². The van der Waals surface area contributed by atoms with Gasteiger partial charge in [-0.15, -0.1) is 11.3 Å². The smallest absolute Gasteiger partial charge is 0.171 e. The van der Waals surface area contributed by atoms with Gasteiger partial charge in [0.25, 0.3) is 0 Å². The third kappa shape index (κ3) is 2.14. The second-order valence-electron chi connectivity index (χ2n) is 3.84. The fraction of sp³-hybridized carbons (Fsp3) is 0.273. The van der Waals surface area contributed by atoms with Crippen LogP contribution in [0.15, 0.2) is 22.0 Å². The summed E-state index contributed by atoms with van der Waals surface area (Å²) in [6.45, 7) is 0. The molecule has 1 saturated carbocycles. The number of hydrogen-bond acceptors (Lipinski definition) is 3. The van der Waals surface area contributed by atoms with Crippen molar-refractivity contribution in [2.75, 3.05) is 0 Å². The molecule has 3 rings (SSSR count). The van der Waals surface area contributed by atoms with Crippen LogP contribution in [-0.4, -0.2) is 9.97 Å². The number of thiophene rings is 1. The van der Waals surface area contributed by atoms with Crippen molar-refractivity contribution in [3.05, 3.63) is 32.8 Å². The van der Waals surface area contributed by atoms with Gasteiger partial charge in [-0.3, -0.25) is 0 Å². The van der Waals surface area contributed by atoms with Gasteiger partial charge in [0.1, 0.15) is 5.15 Å². The summed E-state index contributed by atoms with van der Waals surface area (Å²) in [6.07, 6.45) is 2.45. The Morgan fingerprint density at radius 2 is 2.12 bits per heavy atom. The van der Waals surface area contributed by atoms with E-state index >= 15 is 0 Å². The molecule has 16 heavy (non-hydrogen) atoms. The number of aromatic nitrogens is 2.